The summed E-state index contributed by atoms with van der Waals surface area (Å²) < 4.78 is 18.3. The Morgan fingerprint density at radius 3 is 2.84 bits per heavy atom. The van der Waals surface area contributed by atoms with Gasteiger partial charge in [-0.05, 0) is 26.3 Å². The van der Waals surface area contributed by atoms with Crippen LogP contribution >= 0.6 is 0 Å². The molecule has 0 saturated carbocycles. The second-order valence-electron chi connectivity index (χ2n) is 8.17. The van der Waals surface area contributed by atoms with Crippen LogP contribution in [0.2, 0.25) is 0 Å². The third kappa shape index (κ3) is 4.02. The van der Waals surface area contributed by atoms with Gasteiger partial charge in [0.05, 0.1) is 30.3 Å². The number of nitrogens with one attached hydrogen (secondary N) is 2. The van der Waals surface area contributed by atoms with Crippen molar-refractivity contribution in [2.45, 2.75) is 45.4 Å². The lowest BCUT2D eigenvalue weighted by atomic mass is 10.2. The fraction of sp³-hybridized carbons (Fsp3) is 0.476. The normalized spacial score (nSPS) is 18.5. The zero-order valence-corrected chi connectivity index (χ0v) is 18.7. The summed E-state index contributed by atoms with van der Waals surface area (Å²) in [6.07, 6.45) is 4.28. The molecule has 1 aliphatic rings. The Morgan fingerprint density at radius 2 is 2.16 bits per heavy atom. The summed E-state index contributed by atoms with van der Waals surface area (Å²) in [6.45, 7) is 9.88. The highest BCUT2D eigenvalue weighted by atomic mass is 19.1. The summed E-state index contributed by atoms with van der Waals surface area (Å²) in [4.78, 5) is 27.3. The van der Waals surface area contributed by atoms with Crippen LogP contribution < -0.4 is 15.5 Å². The maximum absolute atomic E-state index is 14.6. The molecule has 170 valence electrons. The maximum Gasteiger partial charge on any atom is 0.243 e. The Morgan fingerprint density at radius 1 is 1.38 bits per heavy atom. The smallest absolute Gasteiger partial charge is 0.243 e. The van der Waals surface area contributed by atoms with Crippen molar-refractivity contribution < 1.29 is 9.18 Å². The Bertz CT molecular complexity index is 1150. The predicted molar refractivity (Wildman–Crippen MR) is 121 cm³/mol. The van der Waals surface area contributed by atoms with Gasteiger partial charge in [-0.3, -0.25) is 9.48 Å². The Labute approximate surface area is 185 Å². The van der Waals surface area contributed by atoms with Crippen LogP contribution in [0.1, 0.15) is 32.5 Å². The minimum atomic E-state index is -1.24. The van der Waals surface area contributed by atoms with Gasteiger partial charge in [0.2, 0.25) is 11.9 Å². The average molecular weight is 442 g/mol. The number of alkyl halides is 1. The van der Waals surface area contributed by atoms with Gasteiger partial charge in [-0.25, -0.2) is 9.37 Å². The highest BCUT2D eigenvalue weighted by Gasteiger charge is 2.35. The van der Waals surface area contributed by atoms with Crippen molar-refractivity contribution in [1.82, 2.24) is 34.6 Å². The van der Waals surface area contributed by atoms with E-state index in [2.05, 4.69) is 27.3 Å². The fourth-order valence-electron chi connectivity index (χ4n) is 3.84. The molecule has 2 N–H and O–H groups in total. The molecular formula is C21H28FN9O. The molecular weight excluding hydrogens is 413 g/mol. The van der Waals surface area contributed by atoms with Crippen LogP contribution in [0.15, 0.2) is 25.2 Å². The summed E-state index contributed by atoms with van der Waals surface area (Å²) in [5.41, 5.74) is 3.02. The summed E-state index contributed by atoms with van der Waals surface area (Å²) in [6, 6.07) is -0.524. The van der Waals surface area contributed by atoms with Crippen LogP contribution in [0, 0.1) is 0 Å². The van der Waals surface area contributed by atoms with Crippen LogP contribution in [0.4, 0.5) is 21.8 Å². The van der Waals surface area contributed by atoms with E-state index in [1.165, 1.54) is 0 Å². The second kappa shape index (κ2) is 8.56. The number of rotatable bonds is 7. The summed E-state index contributed by atoms with van der Waals surface area (Å²) in [7, 11) is 1.86. The minimum absolute atomic E-state index is 0.0793. The van der Waals surface area contributed by atoms with E-state index in [0.717, 1.165) is 23.9 Å². The molecule has 10 nitrogen and oxygen atoms in total. The highest BCUT2D eigenvalue weighted by Crippen LogP contribution is 2.30. The number of hydrogen-bond acceptors (Lipinski definition) is 7. The second-order valence-corrected chi connectivity index (χ2v) is 8.17. The van der Waals surface area contributed by atoms with Gasteiger partial charge < -0.3 is 20.1 Å². The van der Waals surface area contributed by atoms with E-state index < -0.39 is 18.1 Å². The first-order valence-corrected chi connectivity index (χ1v) is 10.7. The summed E-state index contributed by atoms with van der Waals surface area (Å²) >= 11 is 0. The minimum Gasteiger partial charge on any atom is -0.345 e. The molecule has 1 amide bonds. The molecule has 0 bridgehead atoms. The molecule has 0 aliphatic carbocycles. The van der Waals surface area contributed by atoms with Crippen molar-refractivity contribution in [3.8, 4) is 0 Å². The van der Waals surface area contributed by atoms with Crippen LogP contribution in [-0.2, 0) is 18.3 Å². The van der Waals surface area contributed by atoms with Crippen molar-refractivity contribution in [1.29, 1.82) is 0 Å². The van der Waals surface area contributed by atoms with Gasteiger partial charge in [0.1, 0.15) is 6.17 Å². The lowest BCUT2D eigenvalue weighted by Gasteiger charge is -2.18. The number of hydrogen-bond donors (Lipinski definition) is 2. The first-order chi connectivity index (χ1) is 15.3. The third-order valence-corrected chi connectivity index (χ3v) is 5.50. The molecule has 3 aromatic heterocycles. The predicted octanol–water partition coefficient (Wildman–Crippen LogP) is 2.28. The zero-order chi connectivity index (χ0) is 23.0. The van der Waals surface area contributed by atoms with Gasteiger partial charge in [-0.15, -0.1) is 0 Å². The van der Waals surface area contributed by atoms with E-state index in [1.54, 1.807) is 15.9 Å². The van der Waals surface area contributed by atoms with Crippen LogP contribution in [0.3, 0.4) is 0 Å². The number of carbonyl (C=O) groups is 1. The molecule has 0 unspecified atom stereocenters. The molecule has 2 atom stereocenters. The van der Waals surface area contributed by atoms with Crippen LogP contribution in [0.25, 0.3) is 11.2 Å². The average Bonchev–Trinajstić information content (AvgIpc) is 3.44. The van der Waals surface area contributed by atoms with Crippen molar-refractivity contribution in [2.24, 2.45) is 7.05 Å². The summed E-state index contributed by atoms with van der Waals surface area (Å²) in [5, 5.41) is 10.5. The van der Waals surface area contributed by atoms with Gasteiger partial charge in [0.25, 0.3) is 0 Å². The molecule has 4 heterocycles. The Hall–Kier alpha value is -3.50. The van der Waals surface area contributed by atoms with E-state index in [4.69, 9.17) is 9.97 Å². The van der Waals surface area contributed by atoms with E-state index in [1.807, 2.05) is 38.6 Å². The lowest BCUT2D eigenvalue weighted by molar-refractivity contribution is -0.117. The standard InChI is InChI=1S/C21H28FN9O/c1-6-14-16(9-29(5)28-14)25-19-18-20(31(11-23-18)12(3)4)27-21(26-19)30-8-13(22)15(10-30)24-17(32)7-2/h7,9,11-13,15H,2,6,8,10H2,1,3-5H3,(H,24,32)(H,25,26,27)/t13-,15+/m0/s1. The molecule has 1 aliphatic heterocycles. The number of carbonyl (C=O) groups excluding carboxylic acids is 1. The Kier molecular flexibility index (Phi) is 5.81. The van der Waals surface area contributed by atoms with E-state index in [0.29, 0.717) is 22.9 Å². The molecule has 0 aromatic carbocycles. The highest BCUT2D eigenvalue weighted by molar-refractivity contribution is 5.88. The number of amides is 1. The van der Waals surface area contributed by atoms with Gasteiger partial charge in [0.15, 0.2) is 17.0 Å². The van der Waals surface area contributed by atoms with E-state index in [-0.39, 0.29) is 19.1 Å². The molecule has 0 spiro atoms. The zero-order valence-electron chi connectivity index (χ0n) is 18.7. The number of anilines is 3. The number of fused-ring (bicyclic) bond motifs is 1. The number of imidazole rings is 1. The first kappa shape index (κ1) is 21.7. The number of aromatic nitrogens is 6. The lowest BCUT2D eigenvalue weighted by Crippen LogP contribution is -2.40. The van der Waals surface area contributed by atoms with Crippen LogP contribution in [0.5, 0.6) is 0 Å². The van der Waals surface area contributed by atoms with Crippen molar-refractivity contribution >= 4 is 34.5 Å². The van der Waals surface area contributed by atoms with Gasteiger partial charge >= 0.3 is 0 Å². The fourth-order valence-corrected chi connectivity index (χ4v) is 3.84. The molecule has 0 radical (unpaired) electrons. The molecule has 4 rings (SSSR count). The molecule has 1 saturated heterocycles. The van der Waals surface area contributed by atoms with Gasteiger partial charge in [-0.1, -0.05) is 13.5 Å². The van der Waals surface area contributed by atoms with Crippen molar-refractivity contribution in [3.63, 3.8) is 0 Å². The topological polar surface area (TPSA) is 106 Å². The monoisotopic (exact) mass is 441 g/mol. The van der Waals surface area contributed by atoms with Gasteiger partial charge in [-0.2, -0.15) is 15.1 Å². The largest absolute Gasteiger partial charge is 0.345 e. The molecule has 3 aromatic rings. The number of halogens is 1. The number of aryl methyl sites for hydroxylation is 2. The summed E-state index contributed by atoms with van der Waals surface area (Å²) in [5.74, 6) is 0.503. The van der Waals surface area contributed by atoms with E-state index >= 15 is 0 Å². The third-order valence-electron chi connectivity index (χ3n) is 5.50. The molecule has 32 heavy (non-hydrogen) atoms. The number of nitrogens with zero attached hydrogens (tertiary/aromatic N) is 7. The van der Waals surface area contributed by atoms with Crippen LogP contribution in [-0.4, -0.2) is 60.5 Å². The van der Waals surface area contributed by atoms with E-state index in [9.17, 15) is 9.18 Å². The SMILES string of the molecule is C=CC(=O)N[C@@H]1CN(c2nc(Nc3cn(C)nc3CC)c3ncn(C(C)C)c3n2)C[C@@H]1F. The quantitative estimate of drug-likeness (QED) is 0.542. The van der Waals surface area contributed by atoms with Gasteiger partial charge in [0, 0.05) is 25.8 Å². The Balaban J connectivity index is 1.74. The molecule has 11 heteroatoms. The molecule has 1 fully saturated rings. The van der Waals surface area contributed by atoms with Crippen molar-refractivity contribution in [2.75, 3.05) is 23.3 Å². The first-order valence-electron chi connectivity index (χ1n) is 10.7. The maximum atomic E-state index is 14.6. The van der Waals surface area contributed by atoms with Crippen molar-refractivity contribution in [3.05, 3.63) is 30.9 Å².